The molecule has 0 amide bonds. The molecule has 1 aromatic carbocycles. The third-order valence-corrected chi connectivity index (χ3v) is 6.67. The number of benzene rings is 1. The first-order valence-electron chi connectivity index (χ1n) is 11.7. The van der Waals surface area contributed by atoms with Gasteiger partial charge in [0.05, 0.1) is 0 Å². The third-order valence-electron chi connectivity index (χ3n) is 5.86. The molecule has 9 heteroatoms. The number of thioether (sulfide) groups is 1. The lowest BCUT2D eigenvalue weighted by Crippen LogP contribution is -2.48. The van der Waals surface area contributed by atoms with Gasteiger partial charge in [-0.25, -0.2) is 4.98 Å². The van der Waals surface area contributed by atoms with E-state index in [9.17, 15) is 13.2 Å². The summed E-state index contributed by atoms with van der Waals surface area (Å²) < 4.78 is 44.8. The zero-order valence-electron chi connectivity index (χ0n) is 18.9. The molecule has 1 saturated heterocycles. The van der Waals surface area contributed by atoms with Crippen LogP contribution in [0.4, 0.5) is 13.2 Å². The lowest BCUT2D eigenvalue weighted by atomic mass is 10.1. The Balaban J connectivity index is 1.30. The Hall–Kier alpha value is -1.29. The smallest absolute Gasteiger partial charge is 0.420 e. The predicted molar refractivity (Wildman–Crippen MR) is 124 cm³/mol. The highest BCUT2D eigenvalue weighted by Crippen LogP contribution is 2.36. The zero-order valence-corrected chi connectivity index (χ0v) is 19.7. The number of halogens is 3. The van der Waals surface area contributed by atoms with Crippen LogP contribution in [0.2, 0.25) is 0 Å². The van der Waals surface area contributed by atoms with Gasteiger partial charge in [-0.2, -0.15) is 13.2 Å². The number of fused-ring (bicyclic) bond motifs is 1. The van der Waals surface area contributed by atoms with E-state index in [-0.39, 0.29) is 11.1 Å². The fourth-order valence-corrected chi connectivity index (χ4v) is 4.76. The fourth-order valence-electron chi connectivity index (χ4n) is 3.93. The van der Waals surface area contributed by atoms with E-state index in [1.54, 1.807) is 6.07 Å². The second kappa shape index (κ2) is 12.8. The molecule has 0 saturated carbocycles. The highest BCUT2D eigenvalue weighted by molar-refractivity contribution is 7.99. The van der Waals surface area contributed by atoms with Crippen LogP contribution in [0.3, 0.4) is 0 Å². The maximum Gasteiger partial charge on any atom is 0.420 e. The Kier molecular flexibility index (Phi) is 10.1. The third kappa shape index (κ3) is 7.93. The minimum atomic E-state index is -4.44. The molecule has 2 heterocycles. The Labute approximate surface area is 193 Å². The molecule has 5 nitrogen and oxygen atoms in total. The van der Waals surface area contributed by atoms with Crippen LogP contribution in [0.25, 0.3) is 11.1 Å². The average Bonchev–Trinajstić information content (AvgIpc) is 3.19. The molecule has 1 fully saturated rings. The minimum absolute atomic E-state index is 0.175. The van der Waals surface area contributed by atoms with E-state index < -0.39 is 11.7 Å². The summed E-state index contributed by atoms with van der Waals surface area (Å²) in [5, 5.41) is 3.85. The van der Waals surface area contributed by atoms with Gasteiger partial charge in [0.2, 0.25) is 0 Å². The SMILES string of the molecule is CCCCCCCNCCN1CCN(CCSc2nc3cccc(C(F)(F)F)c3o2)CC1. The molecule has 2 aromatic rings. The summed E-state index contributed by atoms with van der Waals surface area (Å²) in [6.07, 6.45) is 2.13. The van der Waals surface area contributed by atoms with Crippen LogP contribution in [0, 0.1) is 0 Å². The Bertz CT molecular complexity index is 806. The molecule has 1 aliphatic heterocycles. The first-order valence-corrected chi connectivity index (χ1v) is 12.7. The molecule has 32 heavy (non-hydrogen) atoms. The topological polar surface area (TPSA) is 44.5 Å². The van der Waals surface area contributed by atoms with E-state index in [0.717, 1.165) is 64.2 Å². The summed E-state index contributed by atoms with van der Waals surface area (Å²) in [4.78, 5) is 9.10. The average molecular weight is 473 g/mol. The minimum Gasteiger partial charge on any atom is -0.431 e. The van der Waals surface area contributed by atoms with Gasteiger partial charge in [-0.3, -0.25) is 9.80 Å². The van der Waals surface area contributed by atoms with Crippen molar-refractivity contribution in [1.29, 1.82) is 0 Å². The molecular weight excluding hydrogens is 437 g/mol. The predicted octanol–water partition coefficient (Wildman–Crippen LogP) is 5.12. The Morgan fingerprint density at radius 2 is 1.72 bits per heavy atom. The zero-order chi connectivity index (χ0) is 22.8. The van der Waals surface area contributed by atoms with Crippen molar-refractivity contribution >= 4 is 22.9 Å². The largest absolute Gasteiger partial charge is 0.431 e. The van der Waals surface area contributed by atoms with Crippen LogP contribution in [-0.2, 0) is 6.18 Å². The number of aromatic nitrogens is 1. The van der Waals surface area contributed by atoms with Gasteiger partial charge < -0.3 is 9.73 Å². The summed E-state index contributed by atoms with van der Waals surface area (Å²) in [5.74, 6) is 0.744. The van der Waals surface area contributed by atoms with Crippen LogP contribution in [0.1, 0.15) is 44.6 Å². The maximum absolute atomic E-state index is 13.1. The van der Waals surface area contributed by atoms with Crippen molar-refractivity contribution < 1.29 is 17.6 Å². The first kappa shape index (κ1) is 25.3. The van der Waals surface area contributed by atoms with Gasteiger partial charge >= 0.3 is 6.18 Å². The van der Waals surface area contributed by atoms with Crippen molar-refractivity contribution in [2.75, 3.05) is 58.1 Å². The standard InChI is InChI=1S/C23H35F3N4OS/c1-2-3-4-5-6-10-27-11-12-29-13-15-30(16-14-29)17-18-32-22-28-20-9-7-8-19(21(20)31-22)23(24,25)26/h7-9,27H,2-6,10-18H2,1H3. The van der Waals surface area contributed by atoms with Gasteiger partial charge in [0.1, 0.15) is 11.1 Å². The molecule has 0 unspecified atom stereocenters. The molecule has 1 N–H and O–H groups in total. The Morgan fingerprint density at radius 1 is 1.00 bits per heavy atom. The number of alkyl halides is 3. The van der Waals surface area contributed by atoms with E-state index in [4.69, 9.17) is 4.42 Å². The highest BCUT2D eigenvalue weighted by atomic mass is 32.2. The van der Waals surface area contributed by atoms with Crippen molar-refractivity contribution in [2.45, 2.75) is 50.4 Å². The van der Waals surface area contributed by atoms with E-state index in [1.165, 1.54) is 49.9 Å². The van der Waals surface area contributed by atoms with E-state index in [2.05, 4.69) is 27.0 Å². The van der Waals surface area contributed by atoms with Crippen molar-refractivity contribution in [1.82, 2.24) is 20.1 Å². The Morgan fingerprint density at radius 3 is 2.44 bits per heavy atom. The number of rotatable bonds is 13. The van der Waals surface area contributed by atoms with Gasteiger partial charge in [-0.1, -0.05) is 50.4 Å². The molecule has 180 valence electrons. The van der Waals surface area contributed by atoms with Gasteiger partial charge in [-0.15, -0.1) is 0 Å². The number of para-hydroxylation sites is 1. The van der Waals surface area contributed by atoms with Crippen LogP contribution in [0.15, 0.2) is 27.8 Å². The second-order valence-electron chi connectivity index (χ2n) is 8.33. The van der Waals surface area contributed by atoms with E-state index in [1.807, 2.05) is 0 Å². The summed E-state index contributed by atoms with van der Waals surface area (Å²) in [6.45, 7) is 10.5. The molecule has 0 bridgehead atoms. The number of oxazole rings is 1. The highest BCUT2D eigenvalue weighted by Gasteiger charge is 2.34. The first-order chi connectivity index (χ1) is 15.5. The molecule has 1 aromatic heterocycles. The molecule has 1 aliphatic rings. The van der Waals surface area contributed by atoms with Crippen LogP contribution < -0.4 is 5.32 Å². The van der Waals surface area contributed by atoms with Gasteiger partial charge in [0, 0.05) is 51.6 Å². The van der Waals surface area contributed by atoms with E-state index in [0.29, 0.717) is 5.22 Å². The monoisotopic (exact) mass is 472 g/mol. The summed E-state index contributed by atoms with van der Waals surface area (Å²) in [5.41, 5.74) is -0.687. The summed E-state index contributed by atoms with van der Waals surface area (Å²) >= 11 is 1.38. The number of hydrogen-bond donors (Lipinski definition) is 1. The molecule has 0 spiro atoms. The summed E-state index contributed by atoms with van der Waals surface area (Å²) in [7, 11) is 0. The lowest BCUT2D eigenvalue weighted by molar-refractivity contribution is -0.136. The normalized spacial score (nSPS) is 16.2. The van der Waals surface area contributed by atoms with E-state index >= 15 is 0 Å². The molecule has 3 rings (SSSR count). The van der Waals surface area contributed by atoms with Gasteiger partial charge in [0.15, 0.2) is 5.58 Å². The summed E-state index contributed by atoms with van der Waals surface area (Å²) in [6, 6.07) is 3.95. The van der Waals surface area contributed by atoms with Crippen molar-refractivity contribution in [3.8, 4) is 0 Å². The molecule has 0 atom stereocenters. The number of piperazine rings is 1. The second-order valence-corrected chi connectivity index (χ2v) is 9.37. The molecular formula is C23H35F3N4OS. The van der Waals surface area contributed by atoms with Gasteiger partial charge in [-0.05, 0) is 25.1 Å². The maximum atomic E-state index is 13.1. The van der Waals surface area contributed by atoms with Crippen molar-refractivity contribution in [2.24, 2.45) is 0 Å². The lowest BCUT2D eigenvalue weighted by Gasteiger charge is -2.34. The number of nitrogens with zero attached hydrogens (tertiary/aromatic N) is 3. The van der Waals surface area contributed by atoms with Gasteiger partial charge in [0.25, 0.3) is 5.22 Å². The van der Waals surface area contributed by atoms with Crippen LogP contribution >= 0.6 is 11.8 Å². The quantitative estimate of drug-likeness (QED) is 0.323. The molecule has 0 radical (unpaired) electrons. The van der Waals surface area contributed by atoms with Crippen molar-refractivity contribution in [3.05, 3.63) is 23.8 Å². The number of nitrogens with one attached hydrogen (secondary N) is 1. The number of hydrogen-bond acceptors (Lipinski definition) is 6. The fraction of sp³-hybridized carbons (Fsp3) is 0.696. The van der Waals surface area contributed by atoms with Crippen molar-refractivity contribution in [3.63, 3.8) is 0 Å². The molecule has 0 aliphatic carbocycles. The van der Waals surface area contributed by atoms with Crippen LogP contribution in [0.5, 0.6) is 0 Å². The number of unbranched alkanes of at least 4 members (excludes halogenated alkanes) is 4. The van der Waals surface area contributed by atoms with Crippen LogP contribution in [-0.4, -0.2) is 72.9 Å².